The molecule has 1 saturated heterocycles. The fourth-order valence-electron chi connectivity index (χ4n) is 2.23. The maximum absolute atomic E-state index is 12.5. The van der Waals surface area contributed by atoms with Crippen LogP contribution in [0.2, 0.25) is 0 Å². The topological polar surface area (TPSA) is 80.5 Å². The summed E-state index contributed by atoms with van der Waals surface area (Å²) in [5.74, 6) is -0.396. The summed E-state index contributed by atoms with van der Waals surface area (Å²) in [6.45, 7) is 1.92. The number of amides is 2. The van der Waals surface area contributed by atoms with Gasteiger partial charge in [-0.15, -0.1) is 0 Å². The average Bonchev–Trinajstić information content (AvgIpc) is 2.83. The molecule has 1 aliphatic rings. The van der Waals surface area contributed by atoms with Gasteiger partial charge in [0.25, 0.3) is 16.8 Å². The molecule has 3 rings (SSSR count). The van der Waals surface area contributed by atoms with Crippen molar-refractivity contribution in [3.8, 4) is 0 Å². The van der Waals surface area contributed by atoms with Crippen LogP contribution in [0.3, 0.4) is 0 Å². The molecule has 24 heavy (non-hydrogen) atoms. The molecule has 0 aromatic heterocycles. The second kappa shape index (κ2) is 6.29. The minimum atomic E-state index is -0.491. The third kappa shape index (κ3) is 3.07. The smallest absolute Gasteiger partial charge is 0.268 e. The van der Waals surface area contributed by atoms with E-state index in [1.165, 1.54) is 24.3 Å². The van der Waals surface area contributed by atoms with Crippen molar-refractivity contribution >= 4 is 40.4 Å². The largest absolute Gasteiger partial charge is 0.298 e. The van der Waals surface area contributed by atoms with E-state index in [4.69, 9.17) is 0 Å². The molecule has 7 heteroatoms. The van der Waals surface area contributed by atoms with Crippen molar-refractivity contribution in [2.24, 2.45) is 0 Å². The number of anilines is 1. The fraction of sp³-hybridized carbons (Fsp3) is 0.0588. The predicted molar refractivity (Wildman–Crippen MR) is 92.7 cm³/mol. The molecule has 1 aliphatic heterocycles. The lowest BCUT2D eigenvalue weighted by Crippen LogP contribution is -2.27. The highest BCUT2D eigenvalue weighted by atomic mass is 32.2. The van der Waals surface area contributed by atoms with Crippen LogP contribution in [0.5, 0.6) is 0 Å². The molecule has 2 aromatic rings. The molecule has 1 fully saturated rings. The average molecular weight is 340 g/mol. The van der Waals surface area contributed by atoms with E-state index in [1.54, 1.807) is 18.2 Å². The number of nitro groups is 1. The Morgan fingerprint density at radius 2 is 1.67 bits per heavy atom. The molecular formula is C17H12N2O4S. The molecule has 0 saturated carbocycles. The van der Waals surface area contributed by atoms with Crippen LogP contribution >= 0.6 is 11.8 Å². The normalized spacial score (nSPS) is 16.0. The van der Waals surface area contributed by atoms with Gasteiger partial charge < -0.3 is 0 Å². The first-order valence-electron chi connectivity index (χ1n) is 7.05. The van der Waals surface area contributed by atoms with E-state index in [0.29, 0.717) is 11.3 Å². The number of nitrogens with zero attached hydrogens (tertiary/aromatic N) is 2. The van der Waals surface area contributed by atoms with Crippen LogP contribution in [0.1, 0.15) is 11.1 Å². The number of thioether (sulfide) groups is 1. The maximum atomic E-state index is 12.5. The number of rotatable bonds is 3. The predicted octanol–water partition coefficient (Wildman–Crippen LogP) is 4.14. The van der Waals surface area contributed by atoms with Gasteiger partial charge in [-0.3, -0.25) is 19.7 Å². The van der Waals surface area contributed by atoms with Gasteiger partial charge in [0.2, 0.25) is 0 Å². The Morgan fingerprint density at radius 3 is 2.25 bits per heavy atom. The molecule has 120 valence electrons. The Balaban J connectivity index is 1.87. The fourth-order valence-corrected chi connectivity index (χ4v) is 3.07. The summed E-state index contributed by atoms with van der Waals surface area (Å²) in [6, 6.07) is 12.9. The number of non-ortho nitro benzene ring substituents is 1. The number of hydrogen-bond acceptors (Lipinski definition) is 5. The Kier molecular flexibility index (Phi) is 4.18. The van der Waals surface area contributed by atoms with E-state index in [9.17, 15) is 19.7 Å². The monoisotopic (exact) mass is 340 g/mol. The van der Waals surface area contributed by atoms with Crippen molar-refractivity contribution in [3.63, 3.8) is 0 Å². The Hall–Kier alpha value is -2.93. The number of carbonyl (C=O) groups excluding carboxylic acids is 2. The van der Waals surface area contributed by atoms with Crippen molar-refractivity contribution in [3.05, 3.63) is 74.7 Å². The molecular weight excluding hydrogens is 328 g/mol. The molecule has 0 N–H and O–H groups in total. The van der Waals surface area contributed by atoms with Gasteiger partial charge in [-0.2, -0.15) is 0 Å². The summed E-state index contributed by atoms with van der Waals surface area (Å²) < 4.78 is 0. The molecule has 0 aliphatic carbocycles. The number of carbonyl (C=O) groups is 2. The first kappa shape index (κ1) is 15.9. The third-order valence-corrected chi connectivity index (χ3v) is 4.36. The van der Waals surface area contributed by atoms with Crippen molar-refractivity contribution in [2.75, 3.05) is 4.90 Å². The summed E-state index contributed by atoms with van der Waals surface area (Å²) in [5, 5.41) is 10.3. The van der Waals surface area contributed by atoms with E-state index in [0.717, 1.165) is 22.2 Å². The molecule has 1 heterocycles. The van der Waals surface area contributed by atoms with Gasteiger partial charge >= 0.3 is 0 Å². The lowest BCUT2D eigenvalue weighted by molar-refractivity contribution is -0.384. The highest BCUT2D eigenvalue weighted by molar-refractivity contribution is 8.19. The lowest BCUT2D eigenvalue weighted by atomic mass is 10.2. The van der Waals surface area contributed by atoms with Gasteiger partial charge in [0.15, 0.2) is 0 Å². The summed E-state index contributed by atoms with van der Waals surface area (Å²) in [6.07, 6.45) is 1.56. The molecule has 2 amide bonds. The maximum Gasteiger partial charge on any atom is 0.298 e. The summed E-state index contributed by atoms with van der Waals surface area (Å²) in [4.78, 5) is 36.2. The third-order valence-electron chi connectivity index (χ3n) is 3.49. The van der Waals surface area contributed by atoms with E-state index >= 15 is 0 Å². The number of benzene rings is 2. The van der Waals surface area contributed by atoms with Gasteiger partial charge in [-0.25, -0.2) is 4.90 Å². The first-order valence-corrected chi connectivity index (χ1v) is 7.86. The number of nitro benzene ring substituents is 1. The van der Waals surface area contributed by atoms with E-state index < -0.39 is 10.8 Å². The number of imide groups is 1. The minimum absolute atomic E-state index is 0.0279. The highest BCUT2D eigenvalue weighted by Crippen LogP contribution is 2.35. The van der Waals surface area contributed by atoms with Gasteiger partial charge in [0.1, 0.15) is 0 Å². The van der Waals surface area contributed by atoms with Gasteiger partial charge in [-0.05, 0) is 54.6 Å². The molecule has 0 bridgehead atoms. The zero-order valence-corrected chi connectivity index (χ0v) is 13.4. The van der Waals surface area contributed by atoms with Crippen molar-refractivity contribution in [1.29, 1.82) is 0 Å². The quantitative estimate of drug-likeness (QED) is 0.476. The molecule has 2 aromatic carbocycles. The van der Waals surface area contributed by atoms with Gasteiger partial charge in [0, 0.05) is 12.1 Å². The zero-order chi connectivity index (χ0) is 17.3. The molecule has 6 nitrogen and oxygen atoms in total. The summed E-state index contributed by atoms with van der Waals surface area (Å²) in [5.41, 5.74) is 2.15. The van der Waals surface area contributed by atoms with Crippen molar-refractivity contribution < 1.29 is 14.5 Å². The molecule has 0 atom stereocenters. The van der Waals surface area contributed by atoms with Crippen molar-refractivity contribution in [2.45, 2.75) is 6.92 Å². The number of hydrogen-bond donors (Lipinski definition) is 0. The lowest BCUT2D eigenvalue weighted by Gasteiger charge is -2.12. The summed E-state index contributed by atoms with van der Waals surface area (Å²) in [7, 11) is 0. The second-order valence-electron chi connectivity index (χ2n) is 5.20. The molecule has 0 radical (unpaired) electrons. The van der Waals surface area contributed by atoms with Crippen LogP contribution in [-0.2, 0) is 4.79 Å². The van der Waals surface area contributed by atoms with Crippen LogP contribution in [0, 0.1) is 17.0 Å². The minimum Gasteiger partial charge on any atom is -0.268 e. The summed E-state index contributed by atoms with van der Waals surface area (Å²) >= 11 is 0.851. The standard InChI is InChI=1S/C17H12N2O4S/c1-11-2-6-13(7-3-11)18-16(20)15(24-17(18)21)10-12-4-8-14(9-5-12)19(22)23/h2-10H,1H3. The van der Waals surface area contributed by atoms with Crippen LogP contribution in [0.4, 0.5) is 16.2 Å². The molecule has 0 unspecified atom stereocenters. The van der Waals surface area contributed by atoms with E-state index in [2.05, 4.69) is 0 Å². The van der Waals surface area contributed by atoms with E-state index in [1.807, 2.05) is 19.1 Å². The Morgan fingerprint density at radius 1 is 1.04 bits per heavy atom. The van der Waals surface area contributed by atoms with Gasteiger partial charge in [-0.1, -0.05) is 17.7 Å². The van der Waals surface area contributed by atoms with Crippen molar-refractivity contribution in [1.82, 2.24) is 0 Å². The highest BCUT2D eigenvalue weighted by Gasteiger charge is 2.36. The van der Waals surface area contributed by atoms with Gasteiger partial charge in [0.05, 0.1) is 15.5 Å². The first-order chi connectivity index (χ1) is 11.5. The van der Waals surface area contributed by atoms with Crippen LogP contribution < -0.4 is 4.90 Å². The van der Waals surface area contributed by atoms with Crippen LogP contribution in [0.25, 0.3) is 6.08 Å². The molecule has 0 spiro atoms. The zero-order valence-electron chi connectivity index (χ0n) is 12.6. The Labute approximate surface area is 141 Å². The van der Waals surface area contributed by atoms with E-state index in [-0.39, 0.29) is 15.8 Å². The Bertz CT molecular complexity index is 857. The second-order valence-corrected chi connectivity index (χ2v) is 6.19. The number of aryl methyl sites for hydroxylation is 1. The van der Waals surface area contributed by atoms with Crippen LogP contribution in [-0.4, -0.2) is 16.1 Å². The van der Waals surface area contributed by atoms with Crippen LogP contribution in [0.15, 0.2) is 53.4 Å². The SMILES string of the molecule is Cc1ccc(N2C(=O)SC(=Cc3ccc([N+](=O)[O-])cc3)C2=O)cc1.